The number of benzene rings is 2. The van der Waals surface area contributed by atoms with Crippen LogP contribution < -0.4 is 10.2 Å². The first-order valence-electron chi connectivity index (χ1n) is 8.45. The molecule has 0 saturated carbocycles. The second-order valence-corrected chi connectivity index (χ2v) is 6.26. The van der Waals surface area contributed by atoms with Gasteiger partial charge in [-0.25, -0.2) is 0 Å². The molecular weight excluding hydrogens is 303 g/mol. The predicted molar refractivity (Wildman–Crippen MR) is 92.5 cm³/mol. The maximum absolute atomic E-state index is 6.23. The molecule has 0 bridgehead atoms. The van der Waals surface area contributed by atoms with Gasteiger partial charge in [-0.05, 0) is 36.0 Å². The summed E-state index contributed by atoms with van der Waals surface area (Å²) in [7, 11) is 1.34. The highest BCUT2D eigenvalue weighted by Gasteiger charge is 2.41. The van der Waals surface area contributed by atoms with Crippen LogP contribution in [0.2, 0.25) is 0 Å². The molecule has 0 spiro atoms. The van der Waals surface area contributed by atoms with E-state index in [0.29, 0.717) is 6.61 Å². The van der Waals surface area contributed by atoms with Crippen molar-refractivity contribution < 1.29 is 18.8 Å². The van der Waals surface area contributed by atoms with Gasteiger partial charge in [0.1, 0.15) is 11.9 Å². The van der Waals surface area contributed by atoms with Crippen molar-refractivity contribution in [1.29, 1.82) is 0 Å². The Balaban J connectivity index is 1.40. The van der Waals surface area contributed by atoms with Crippen LogP contribution in [-0.4, -0.2) is 33.0 Å². The quantitative estimate of drug-likeness (QED) is 0.814. The Morgan fingerprint density at radius 3 is 2.50 bits per heavy atom. The first-order valence-corrected chi connectivity index (χ1v) is 8.45. The van der Waals surface area contributed by atoms with Gasteiger partial charge in [-0.1, -0.05) is 42.5 Å². The molecule has 2 aliphatic heterocycles. The Labute approximate surface area is 142 Å². The summed E-state index contributed by atoms with van der Waals surface area (Å²) in [4.78, 5) is 0. The van der Waals surface area contributed by atoms with E-state index in [1.165, 1.54) is 5.56 Å². The Morgan fingerprint density at radius 2 is 1.75 bits per heavy atom. The fourth-order valence-electron chi connectivity index (χ4n) is 3.40. The first-order chi connectivity index (χ1) is 11.8. The Kier molecular flexibility index (Phi) is 4.56. The summed E-state index contributed by atoms with van der Waals surface area (Å²) in [6.07, 6.45) is 2.18. The van der Waals surface area contributed by atoms with E-state index in [0.717, 1.165) is 24.1 Å². The van der Waals surface area contributed by atoms with Crippen LogP contribution in [0.4, 0.5) is 0 Å². The van der Waals surface area contributed by atoms with Crippen LogP contribution in [0.3, 0.4) is 0 Å². The molecule has 2 aromatic rings. The minimum atomic E-state index is -0.325. The third-order valence-electron chi connectivity index (χ3n) is 4.74. The van der Waals surface area contributed by atoms with E-state index >= 15 is 0 Å². The largest absolute Gasteiger partial charge is 0.497 e. The molecule has 4 rings (SSSR count). The monoisotopic (exact) mass is 324 g/mol. The zero-order valence-electron chi connectivity index (χ0n) is 13.8. The molecule has 3 atom stereocenters. The van der Waals surface area contributed by atoms with Crippen molar-refractivity contribution in [3.63, 3.8) is 0 Å². The van der Waals surface area contributed by atoms with Gasteiger partial charge in [-0.3, -0.25) is 0 Å². The van der Waals surface area contributed by atoms with Gasteiger partial charge in [0.2, 0.25) is 0 Å². The number of hydrogen-bond acceptors (Lipinski definition) is 4. The minimum absolute atomic E-state index is 0.00143. The number of hydrogen-bond donors (Lipinski definition) is 0. The van der Waals surface area contributed by atoms with Crippen molar-refractivity contribution in [3.8, 4) is 5.75 Å². The van der Waals surface area contributed by atoms with Crippen LogP contribution >= 0.6 is 0 Å². The molecule has 4 nitrogen and oxygen atoms in total. The van der Waals surface area contributed by atoms with Gasteiger partial charge in [0, 0.05) is 0 Å². The third-order valence-corrected chi connectivity index (χ3v) is 4.74. The molecule has 124 valence electrons. The topological polar surface area (TPSA) is 36.9 Å². The van der Waals surface area contributed by atoms with Gasteiger partial charge in [-0.15, -0.1) is 0 Å². The van der Waals surface area contributed by atoms with Gasteiger partial charge >= 0.3 is 7.12 Å². The Hall–Kier alpha value is -1.82. The molecule has 24 heavy (non-hydrogen) atoms. The fourth-order valence-corrected chi connectivity index (χ4v) is 3.40. The molecule has 0 unspecified atom stereocenters. The summed E-state index contributed by atoms with van der Waals surface area (Å²) in [5, 5.41) is 0. The molecule has 0 aliphatic carbocycles. The molecule has 2 heterocycles. The van der Waals surface area contributed by atoms with Crippen molar-refractivity contribution in [3.05, 3.63) is 60.2 Å². The fraction of sp³-hybridized carbons (Fsp3) is 0.368. The van der Waals surface area contributed by atoms with Crippen molar-refractivity contribution in [2.45, 2.75) is 31.2 Å². The lowest BCUT2D eigenvalue weighted by Gasteiger charge is -2.41. The second kappa shape index (κ2) is 6.97. The first kappa shape index (κ1) is 15.7. The van der Waals surface area contributed by atoms with E-state index in [4.69, 9.17) is 18.8 Å². The van der Waals surface area contributed by atoms with Crippen LogP contribution in [0.1, 0.15) is 24.5 Å². The van der Waals surface area contributed by atoms with Crippen LogP contribution in [0.15, 0.2) is 54.6 Å². The Morgan fingerprint density at radius 1 is 0.958 bits per heavy atom. The second-order valence-electron chi connectivity index (χ2n) is 6.26. The van der Waals surface area contributed by atoms with Gasteiger partial charge in [0.25, 0.3) is 0 Å². The van der Waals surface area contributed by atoms with Gasteiger partial charge in [-0.2, -0.15) is 0 Å². The zero-order chi connectivity index (χ0) is 16.4. The van der Waals surface area contributed by atoms with Crippen LogP contribution in [0, 0.1) is 0 Å². The predicted octanol–water partition coefficient (Wildman–Crippen LogP) is 2.73. The van der Waals surface area contributed by atoms with E-state index < -0.39 is 0 Å². The molecule has 2 aliphatic rings. The molecule has 2 fully saturated rings. The minimum Gasteiger partial charge on any atom is -0.497 e. The number of ether oxygens (including phenoxy) is 2. The molecular formula is C19H21BO4. The van der Waals surface area contributed by atoms with Crippen molar-refractivity contribution in [1.82, 2.24) is 0 Å². The maximum Gasteiger partial charge on any atom is 0.494 e. The summed E-state index contributed by atoms with van der Waals surface area (Å²) in [6, 6.07) is 18.2. The molecule has 0 amide bonds. The third kappa shape index (κ3) is 3.20. The zero-order valence-corrected chi connectivity index (χ0v) is 13.8. The molecule has 2 aromatic carbocycles. The average Bonchev–Trinajstić information content (AvgIpc) is 2.68. The van der Waals surface area contributed by atoms with Crippen LogP contribution in [0.5, 0.6) is 5.75 Å². The average molecular weight is 324 g/mol. The lowest BCUT2D eigenvalue weighted by Crippen LogP contribution is -2.54. The molecule has 0 N–H and O–H groups in total. The highest BCUT2D eigenvalue weighted by atomic mass is 16.6. The van der Waals surface area contributed by atoms with E-state index in [1.54, 1.807) is 7.11 Å². The van der Waals surface area contributed by atoms with Crippen LogP contribution in [-0.2, 0) is 14.0 Å². The molecule has 2 saturated heterocycles. The van der Waals surface area contributed by atoms with E-state index in [1.807, 2.05) is 30.3 Å². The van der Waals surface area contributed by atoms with E-state index in [-0.39, 0.29) is 25.4 Å². The van der Waals surface area contributed by atoms with Crippen LogP contribution in [0.25, 0.3) is 0 Å². The van der Waals surface area contributed by atoms with Gasteiger partial charge in [0.05, 0.1) is 25.9 Å². The SMILES string of the molecule is COc1ccc(B2OC[C@H]3O[C@@H](c4ccccc4)CC[C@@H]3O2)cc1. The highest BCUT2D eigenvalue weighted by Crippen LogP contribution is 2.34. The van der Waals surface area contributed by atoms with Gasteiger partial charge < -0.3 is 18.8 Å². The summed E-state index contributed by atoms with van der Waals surface area (Å²) < 4.78 is 23.5. The smallest absolute Gasteiger partial charge is 0.494 e. The van der Waals surface area contributed by atoms with Crippen molar-refractivity contribution in [2.75, 3.05) is 13.7 Å². The number of methoxy groups -OCH3 is 1. The number of rotatable bonds is 3. The lowest BCUT2D eigenvalue weighted by molar-refractivity contribution is -0.150. The number of fused-ring (bicyclic) bond motifs is 1. The molecule has 0 radical (unpaired) electrons. The standard InChI is InChI=1S/C19H21BO4/c1-21-16-9-7-15(8-10-16)20-22-13-19-18(24-20)12-11-17(23-19)14-5-3-2-4-6-14/h2-10,17-19H,11-13H2,1H3/t17-,18+,19-/m1/s1. The van der Waals surface area contributed by atoms with E-state index in [2.05, 4.69) is 24.3 Å². The molecule has 0 aromatic heterocycles. The van der Waals surface area contributed by atoms with Crippen molar-refractivity contribution >= 4 is 12.6 Å². The highest BCUT2D eigenvalue weighted by molar-refractivity contribution is 6.61. The molecule has 5 heteroatoms. The van der Waals surface area contributed by atoms with Gasteiger partial charge in [0.15, 0.2) is 0 Å². The maximum atomic E-state index is 6.23. The van der Waals surface area contributed by atoms with Crippen molar-refractivity contribution in [2.24, 2.45) is 0 Å². The lowest BCUT2D eigenvalue weighted by atomic mass is 9.76. The summed E-state index contributed by atoms with van der Waals surface area (Å²) in [6.45, 7) is 0.560. The summed E-state index contributed by atoms with van der Waals surface area (Å²) in [5.41, 5.74) is 2.24. The van der Waals surface area contributed by atoms with E-state index in [9.17, 15) is 0 Å². The normalized spacial score (nSPS) is 26.7. The summed E-state index contributed by atoms with van der Waals surface area (Å²) in [5.74, 6) is 0.833. The Bertz CT molecular complexity index is 661. The summed E-state index contributed by atoms with van der Waals surface area (Å²) >= 11 is 0.